The van der Waals surface area contributed by atoms with Gasteiger partial charge in [0.25, 0.3) is 5.91 Å². The number of pyridine rings is 1. The number of hydrogen-bond acceptors (Lipinski definition) is 10. The van der Waals surface area contributed by atoms with E-state index in [0.717, 1.165) is 104 Å². The van der Waals surface area contributed by atoms with E-state index >= 15 is 0 Å². The maximum absolute atomic E-state index is 13.4. The molecule has 2 saturated carbocycles. The topological polar surface area (TPSA) is 163 Å². The predicted molar refractivity (Wildman–Crippen MR) is 230 cm³/mol. The standard InChI is InChI=1S/C45H51F3N8O5S/c1-43(2,61)28-20-32-35(21-31(28)51-39(58)30-7-5-9-36(50-30)45(46,47)48)62-41(52-32)26-12-10-25(11-13-26)24-55-18-16-44(17-19-55)22-27(23-44)49-29-6-4-8-33-38(29)54(3)42(60)56(33)34-14-15-37(57)53-40(34)59/h4-9,20-21,25-27,34,49,61H,10-19,22-24H2,1-3H3,(H,51,58)(H,53,57,59)/t25-,26-,34?. The molecular weight excluding hydrogens is 822 g/mol. The number of aliphatic hydroxyl groups is 1. The molecule has 1 spiro atoms. The average Bonchev–Trinajstić information content (AvgIpc) is 3.75. The fourth-order valence-electron chi connectivity index (χ4n) is 10.3. The Morgan fingerprint density at radius 1 is 0.968 bits per heavy atom. The van der Waals surface area contributed by atoms with Crippen LogP contribution in [-0.4, -0.2) is 72.5 Å². The van der Waals surface area contributed by atoms with Gasteiger partial charge >= 0.3 is 11.9 Å². The van der Waals surface area contributed by atoms with E-state index in [1.54, 1.807) is 48.9 Å². The highest BCUT2D eigenvalue weighted by atomic mass is 32.1. The summed E-state index contributed by atoms with van der Waals surface area (Å²) in [6.45, 7) is 6.42. The minimum Gasteiger partial charge on any atom is -0.386 e. The minimum absolute atomic E-state index is 0.201. The second-order valence-corrected chi connectivity index (χ2v) is 19.5. The van der Waals surface area contributed by atoms with Gasteiger partial charge in [0.05, 0.1) is 37.5 Å². The minimum atomic E-state index is -4.69. The van der Waals surface area contributed by atoms with Crippen molar-refractivity contribution in [3.8, 4) is 0 Å². The van der Waals surface area contributed by atoms with Gasteiger partial charge < -0.3 is 20.6 Å². The van der Waals surface area contributed by atoms with Crippen molar-refractivity contribution in [1.29, 1.82) is 0 Å². The number of anilines is 2. The van der Waals surface area contributed by atoms with Crippen molar-refractivity contribution < 1.29 is 32.7 Å². The van der Waals surface area contributed by atoms with E-state index in [2.05, 4.69) is 25.8 Å². The van der Waals surface area contributed by atoms with Crippen molar-refractivity contribution in [1.82, 2.24) is 29.3 Å². The molecule has 0 bridgehead atoms. The lowest BCUT2D eigenvalue weighted by Gasteiger charge is -2.53. The molecule has 5 aromatic rings. The number of amides is 3. The molecule has 1 unspecified atom stereocenters. The van der Waals surface area contributed by atoms with Crippen LogP contribution in [0.1, 0.15) is 117 Å². The lowest BCUT2D eigenvalue weighted by molar-refractivity contribution is -0.141. The molecule has 4 fully saturated rings. The molecule has 62 heavy (non-hydrogen) atoms. The molecule has 9 rings (SSSR count). The van der Waals surface area contributed by atoms with E-state index in [9.17, 15) is 37.5 Å². The summed E-state index contributed by atoms with van der Waals surface area (Å²) in [6.07, 6.45) is 4.53. The van der Waals surface area contributed by atoms with E-state index < -0.39 is 35.3 Å². The Morgan fingerprint density at radius 2 is 1.69 bits per heavy atom. The third-order valence-corrected chi connectivity index (χ3v) is 14.9. The van der Waals surface area contributed by atoms with Gasteiger partial charge in [-0.05, 0) is 132 Å². The van der Waals surface area contributed by atoms with Gasteiger partial charge in [-0.25, -0.2) is 14.8 Å². The molecule has 328 valence electrons. The zero-order chi connectivity index (χ0) is 43.7. The Labute approximate surface area is 360 Å². The summed E-state index contributed by atoms with van der Waals surface area (Å²) < 4.78 is 43.8. The Balaban J connectivity index is 0.778. The monoisotopic (exact) mass is 872 g/mol. The first-order valence-electron chi connectivity index (χ1n) is 21.5. The molecule has 1 atom stereocenters. The number of piperidine rings is 2. The molecule has 2 aliphatic heterocycles. The van der Waals surface area contributed by atoms with Crippen LogP contribution >= 0.6 is 11.3 Å². The summed E-state index contributed by atoms with van der Waals surface area (Å²) in [4.78, 5) is 62.1. The summed E-state index contributed by atoms with van der Waals surface area (Å²) in [5.41, 5.74) is 0.914. The first-order valence-corrected chi connectivity index (χ1v) is 22.3. The number of imide groups is 1. The molecule has 4 N–H and O–H groups in total. The average molecular weight is 873 g/mol. The lowest BCUT2D eigenvalue weighted by Crippen LogP contribution is -2.52. The number of halogens is 3. The Morgan fingerprint density at radius 3 is 2.39 bits per heavy atom. The van der Waals surface area contributed by atoms with Crippen molar-refractivity contribution in [2.24, 2.45) is 18.4 Å². The third kappa shape index (κ3) is 8.14. The van der Waals surface area contributed by atoms with Crippen LogP contribution in [0.4, 0.5) is 24.5 Å². The van der Waals surface area contributed by atoms with Crippen LogP contribution in [0, 0.1) is 11.3 Å². The Hall–Kier alpha value is -5.13. The third-order valence-electron chi connectivity index (χ3n) is 13.7. The van der Waals surface area contributed by atoms with Crippen LogP contribution in [0.25, 0.3) is 21.3 Å². The number of aromatic nitrogens is 4. The molecular formula is C45H51F3N8O5S. The number of carbonyl (C=O) groups excluding carboxylic acids is 3. The summed E-state index contributed by atoms with van der Waals surface area (Å²) in [5, 5.41) is 20.8. The van der Waals surface area contributed by atoms with Gasteiger partial charge in [0.2, 0.25) is 11.8 Å². The maximum Gasteiger partial charge on any atom is 0.433 e. The molecule has 5 heterocycles. The fourth-order valence-corrected chi connectivity index (χ4v) is 11.5. The normalized spacial score (nSPS) is 22.5. The molecule has 2 aliphatic carbocycles. The summed E-state index contributed by atoms with van der Waals surface area (Å²) in [5.74, 6) is -0.642. The van der Waals surface area contributed by atoms with Gasteiger partial charge in [0, 0.05) is 43.2 Å². The molecule has 2 aromatic carbocycles. The first-order chi connectivity index (χ1) is 29.4. The highest BCUT2D eigenvalue weighted by molar-refractivity contribution is 7.18. The number of hydrogen-bond donors (Lipinski definition) is 4. The molecule has 2 saturated heterocycles. The molecule has 13 nitrogen and oxygen atoms in total. The quantitative estimate of drug-likeness (QED) is 0.110. The van der Waals surface area contributed by atoms with Crippen LogP contribution in [0.2, 0.25) is 0 Å². The van der Waals surface area contributed by atoms with E-state index in [1.165, 1.54) is 10.6 Å². The van der Waals surface area contributed by atoms with Crippen molar-refractivity contribution in [3.05, 3.63) is 81.0 Å². The molecule has 17 heteroatoms. The van der Waals surface area contributed by atoms with Crippen LogP contribution in [0.5, 0.6) is 0 Å². The zero-order valence-corrected chi connectivity index (χ0v) is 35.8. The number of carbonyl (C=O) groups is 3. The highest BCUT2D eigenvalue weighted by Gasteiger charge is 2.46. The molecule has 0 radical (unpaired) electrons. The van der Waals surface area contributed by atoms with Gasteiger partial charge in [0.1, 0.15) is 17.4 Å². The number of thiazole rings is 1. The van der Waals surface area contributed by atoms with Gasteiger partial charge in [-0.3, -0.25) is 28.8 Å². The first kappa shape index (κ1) is 42.2. The van der Waals surface area contributed by atoms with Crippen LogP contribution in [-0.2, 0) is 28.4 Å². The summed E-state index contributed by atoms with van der Waals surface area (Å²) in [6, 6.07) is 12.0. The van der Waals surface area contributed by atoms with Gasteiger partial charge in [-0.15, -0.1) is 11.3 Å². The number of rotatable bonds is 9. The van der Waals surface area contributed by atoms with Crippen molar-refractivity contribution >= 4 is 61.7 Å². The highest BCUT2D eigenvalue weighted by Crippen LogP contribution is 2.51. The molecule has 4 aliphatic rings. The van der Waals surface area contributed by atoms with Gasteiger partial charge in [-0.2, -0.15) is 13.2 Å². The SMILES string of the molecule is Cn1c(=O)n(C2CCC(=O)NC2=O)c2cccc(NC3CC4(CCN(C[C@H]5CC[C@H](c6nc7cc(C(C)(C)O)c(NC(=O)c8cccc(C(F)(F)F)n8)cc7s6)CC5)CC4)C3)c21. The zero-order valence-electron chi connectivity index (χ0n) is 35.0. The van der Waals surface area contributed by atoms with Crippen LogP contribution < -0.4 is 21.6 Å². The van der Waals surface area contributed by atoms with Gasteiger partial charge in [-0.1, -0.05) is 12.1 Å². The van der Waals surface area contributed by atoms with Crippen molar-refractivity contribution in [3.63, 3.8) is 0 Å². The summed E-state index contributed by atoms with van der Waals surface area (Å²) >= 11 is 1.56. The Bertz CT molecular complexity index is 2620. The lowest BCUT2D eigenvalue weighted by atomic mass is 9.60. The van der Waals surface area contributed by atoms with Crippen LogP contribution in [0.15, 0.2) is 53.3 Å². The molecule has 3 aromatic heterocycles. The number of nitrogens with one attached hydrogen (secondary N) is 3. The predicted octanol–water partition coefficient (Wildman–Crippen LogP) is 7.45. The van der Waals surface area contributed by atoms with E-state index in [4.69, 9.17) is 4.98 Å². The second kappa shape index (κ2) is 15.9. The van der Waals surface area contributed by atoms with Crippen LogP contribution in [0.3, 0.4) is 0 Å². The van der Waals surface area contributed by atoms with E-state index in [0.29, 0.717) is 52.0 Å². The number of aryl methyl sites for hydroxylation is 1. The largest absolute Gasteiger partial charge is 0.433 e. The van der Waals surface area contributed by atoms with Crippen molar-refractivity contribution in [2.75, 3.05) is 30.3 Å². The number of fused-ring (bicyclic) bond motifs is 2. The number of alkyl halides is 3. The Kier molecular flexibility index (Phi) is 10.8. The van der Waals surface area contributed by atoms with Crippen molar-refractivity contribution in [2.45, 2.75) is 108 Å². The number of likely N-dealkylation sites (tertiary alicyclic amines) is 1. The maximum atomic E-state index is 13.4. The number of para-hydroxylation sites is 1. The number of benzene rings is 2. The van der Waals surface area contributed by atoms with E-state index in [-0.39, 0.29) is 23.7 Å². The smallest absolute Gasteiger partial charge is 0.386 e. The fraction of sp³-hybridized carbons (Fsp3) is 0.511. The molecule has 3 amide bonds. The second-order valence-electron chi connectivity index (χ2n) is 18.5. The number of imidazole rings is 1. The summed E-state index contributed by atoms with van der Waals surface area (Å²) in [7, 11) is 1.73. The van der Waals surface area contributed by atoms with E-state index in [1.807, 2.05) is 18.2 Å². The van der Waals surface area contributed by atoms with Gasteiger partial charge in [0.15, 0.2) is 0 Å². The number of nitrogens with zero attached hydrogens (tertiary/aromatic N) is 5.